The molecular formula is C21H21F3N2O2S. The monoisotopic (exact) mass is 422 g/mol. The van der Waals surface area contributed by atoms with Crippen LogP contribution in [0.5, 0.6) is 0 Å². The van der Waals surface area contributed by atoms with Gasteiger partial charge in [-0.15, -0.1) is 11.8 Å². The summed E-state index contributed by atoms with van der Waals surface area (Å²) >= 11 is 1.28. The van der Waals surface area contributed by atoms with E-state index in [9.17, 15) is 22.8 Å². The van der Waals surface area contributed by atoms with Crippen molar-refractivity contribution < 1.29 is 22.8 Å². The number of rotatable bonds is 6. The zero-order valence-electron chi connectivity index (χ0n) is 16.1. The van der Waals surface area contributed by atoms with Crippen molar-refractivity contribution in [1.82, 2.24) is 9.80 Å². The summed E-state index contributed by atoms with van der Waals surface area (Å²) in [7, 11) is 0. The topological polar surface area (TPSA) is 40.6 Å². The fraction of sp³-hybridized carbons (Fsp3) is 0.333. The maximum atomic E-state index is 14.3. The molecule has 2 aromatic carbocycles. The lowest BCUT2D eigenvalue weighted by atomic mass is 10.1. The number of carbonyl (C=O) groups is 2. The Morgan fingerprint density at radius 3 is 2.52 bits per heavy atom. The van der Waals surface area contributed by atoms with E-state index < -0.39 is 22.8 Å². The fourth-order valence-corrected chi connectivity index (χ4v) is 4.61. The molecule has 154 valence electrons. The van der Waals surface area contributed by atoms with Crippen molar-refractivity contribution in [3.05, 3.63) is 71.0 Å². The Bertz CT molecular complexity index is 925. The average Bonchev–Trinajstić information content (AvgIpc) is 2.96. The number of benzene rings is 2. The third-order valence-electron chi connectivity index (χ3n) is 4.83. The van der Waals surface area contributed by atoms with Crippen molar-refractivity contribution in [2.45, 2.75) is 24.5 Å². The van der Waals surface area contributed by atoms with Crippen LogP contribution in [0.15, 0.2) is 42.5 Å². The normalized spacial score (nSPS) is 18.9. The van der Waals surface area contributed by atoms with Crippen LogP contribution in [0.3, 0.4) is 0 Å². The first-order valence-electron chi connectivity index (χ1n) is 9.27. The van der Waals surface area contributed by atoms with Gasteiger partial charge >= 0.3 is 0 Å². The molecule has 1 fully saturated rings. The number of nitrogens with zero attached hydrogens (tertiary/aromatic N) is 2. The van der Waals surface area contributed by atoms with Crippen LogP contribution in [0, 0.1) is 17.5 Å². The Labute approximate surface area is 171 Å². The van der Waals surface area contributed by atoms with E-state index in [1.165, 1.54) is 51.9 Å². The molecule has 1 heterocycles. The molecule has 2 atom stereocenters. The predicted molar refractivity (Wildman–Crippen MR) is 106 cm³/mol. The highest BCUT2D eigenvalue weighted by molar-refractivity contribution is 8.01. The Morgan fingerprint density at radius 2 is 1.86 bits per heavy atom. The summed E-state index contributed by atoms with van der Waals surface area (Å²) in [5.41, 5.74) is 0.456. The molecule has 29 heavy (non-hydrogen) atoms. The number of hydrogen-bond donors (Lipinski definition) is 0. The van der Waals surface area contributed by atoms with Crippen molar-refractivity contribution in [1.29, 1.82) is 0 Å². The molecule has 0 aliphatic carbocycles. The van der Waals surface area contributed by atoms with Crippen molar-refractivity contribution in [3.8, 4) is 0 Å². The smallest absolute Gasteiger partial charge is 0.254 e. The number of thioether (sulfide) groups is 1. The third-order valence-corrected chi connectivity index (χ3v) is 6.20. The van der Waals surface area contributed by atoms with Gasteiger partial charge in [0.15, 0.2) is 0 Å². The van der Waals surface area contributed by atoms with E-state index in [1.807, 2.05) is 0 Å². The quantitative estimate of drug-likeness (QED) is 0.700. The van der Waals surface area contributed by atoms with E-state index in [0.29, 0.717) is 6.54 Å². The van der Waals surface area contributed by atoms with Gasteiger partial charge in [-0.05, 0) is 38.1 Å². The first kappa shape index (κ1) is 21.2. The summed E-state index contributed by atoms with van der Waals surface area (Å²) in [5.74, 6) is -2.41. The molecule has 1 aliphatic heterocycles. The molecule has 2 aromatic rings. The number of hydrogen-bond acceptors (Lipinski definition) is 3. The molecule has 0 bridgehead atoms. The molecule has 0 aromatic heterocycles. The zero-order chi connectivity index (χ0) is 21.1. The maximum Gasteiger partial charge on any atom is 0.254 e. The van der Waals surface area contributed by atoms with Crippen LogP contribution in [0.4, 0.5) is 13.2 Å². The predicted octanol–water partition coefficient (Wildman–Crippen LogP) is 4.23. The van der Waals surface area contributed by atoms with Crippen molar-refractivity contribution in [2.24, 2.45) is 0 Å². The standard InChI is InChI=1S/C21H21F3N2O2S/c1-3-25(20(28)14-5-4-6-15(22)11-14)9-10-26-19(27)13(2)29-21(26)17-8-7-16(23)12-18(17)24/h4-8,11-13,21H,3,9-10H2,1-2H3/t13-,21+/m1/s1. The highest BCUT2D eigenvalue weighted by Crippen LogP contribution is 2.43. The molecule has 0 N–H and O–H groups in total. The van der Waals surface area contributed by atoms with Gasteiger partial charge in [-0.3, -0.25) is 9.59 Å². The van der Waals surface area contributed by atoms with Crippen LogP contribution < -0.4 is 0 Å². The molecule has 2 amide bonds. The first-order valence-corrected chi connectivity index (χ1v) is 10.2. The summed E-state index contributed by atoms with van der Waals surface area (Å²) in [5, 5.41) is -0.973. The molecule has 8 heteroatoms. The van der Waals surface area contributed by atoms with Crippen LogP contribution >= 0.6 is 11.8 Å². The minimum absolute atomic E-state index is 0.169. The van der Waals surface area contributed by atoms with Gasteiger partial charge in [-0.1, -0.05) is 12.1 Å². The van der Waals surface area contributed by atoms with Crippen LogP contribution in [-0.2, 0) is 4.79 Å². The SMILES string of the molecule is CCN(CCN1C(=O)[C@@H](C)S[C@H]1c1ccc(F)cc1F)C(=O)c1cccc(F)c1. The number of carbonyl (C=O) groups excluding carboxylic acids is 2. The van der Waals surface area contributed by atoms with Gasteiger partial charge in [0, 0.05) is 36.8 Å². The minimum Gasteiger partial charge on any atom is -0.337 e. The van der Waals surface area contributed by atoms with Gasteiger partial charge in [0.2, 0.25) is 5.91 Å². The molecule has 0 spiro atoms. The van der Waals surface area contributed by atoms with Gasteiger partial charge in [0.1, 0.15) is 22.8 Å². The Hall–Kier alpha value is -2.48. The number of halogens is 3. The van der Waals surface area contributed by atoms with E-state index in [2.05, 4.69) is 0 Å². The molecule has 0 saturated carbocycles. The van der Waals surface area contributed by atoms with Gasteiger partial charge in [-0.25, -0.2) is 13.2 Å². The summed E-state index contributed by atoms with van der Waals surface area (Å²) in [6, 6.07) is 8.73. The molecule has 1 aliphatic rings. The van der Waals surface area contributed by atoms with Crippen LogP contribution in [0.2, 0.25) is 0 Å². The molecule has 0 radical (unpaired) electrons. The second kappa shape index (κ2) is 8.90. The van der Waals surface area contributed by atoms with Crippen molar-refractivity contribution in [3.63, 3.8) is 0 Å². The summed E-state index contributed by atoms with van der Waals surface area (Å²) < 4.78 is 41.0. The molecule has 4 nitrogen and oxygen atoms in total. The van der Waals surface area contributed by atoms with Crippen LogP contribution in [0.1, 0.15) is 35.1 Å². The lowest BCUT2D eigenvalue weighted by Gasteiger charge is -2.28. The molecular weight excluding hydrogens is 401 g/mol. The Morgan fingerprint density at radius 1 is 1.14 bits per heavy atom. The van der Waals surface area contributed by atoms with E-state index in [0.717, 1.165) is 12.1 Å². The highest BCUT2D eigenvalue weighted by Gasteiger charge is 2.39. The Balaban J connectivity index is 1.77. The highest BCUT2D eigenvalue weighted by atomic mass is 32.2. The van der Waals surface area contributed by atoms with Crippen LogP contribution in [0.25, 0.3) is 0 Å². The van der Waals surface area contributed by atoms with Crippen LogP contribution in [-0.4, -0.2) is 46.5 Å². The first-order chi connectivity index (χ1) is 13.8. The largest absolute Gasteiger partial charge is 0.337 e. The second-order valence-electron chi connectivity index (χ2n) is 6.72. The van der Waals surface area contributed by atoms with E-state index >= 15 is 0 Å². The van der Waals surface area contributed by atoms with Gasteiger partial charge < -0.3 is 9.80 Å². The second-order valence-corrected chi connectivity index (χ2v) is 8.15. The lowest BCUT2D eigenvalue weighted by Crippen LogP contribution is -2.40. The zero-order valence-corrected chi connectivity index (χ0v) is 16.9. The third kappa shape index (κ3) is 4.58. The number of amides is 2. The van der Waals surface area contributed by atoms with Gasteiger partial charge in [0.05, 0.1) is 5.25 Å². The van der Waals surface area contributed by atoms with Gasteiger partial charge in [0.25, 0.3) is 5.91 Å². The van der Waals surface area contributed by atoms with E-state index in [-0.39, 0.29) is 41.3 Å². The lowest BCUT2D eigenvalue weighted by molar-refractivity contribution is -0.130. The summed E-state index contributed by atoms with van der Waals surface area (Å²) in [6.07, 6.45) is 0. The Kier molecular flexibility index (Phi) is 6.52. The molecule has 0 unspecified atom stereocenters. The van der Waals surface area contributed by atoms with Crippen molar-refractivity contribution >= 4 is 23.6 Å². The van der Waals surface area contributed by atoms with E-state index in [4.69, 9.17) is 0 Å². The van der Waals surface area contributed by atoms with Gasteiger partial charge in [-0.2, -0.15) is 0 Å². The summed E-state index contributed by atoms with van der Waals surface area (Å²) in [6.45, 7) is 4.29. The summed E-state index contributed by atoms with van der Waals surface area (Å²) in [4.78, 5) is 28.3. The van der Waals surface area contributed by atoms with E-state index in [1.54, 1.807) is 13.8 Å². The maximum absolute atomic E-state index is 14.3. The average molecular weight is 422 g/mol. The number of likely N-dealkylation sites (N-methyl/N-ethyl adjacent to an activating group) is 1. The minimum atomic E-state index is -0.711. The fourth-order valence-electron chi connectivity index (χ4n) is 3.28. The molecule has 1 saturated heterocycles. The van der Waals surface area contributed by atoms with Crippen molar-refractivity contribution in [2.75, 3.05) is 19.6 Å². The molecule has 3 rings (SSSR count).